The Morgan fingerprint density at radius 1 is 1.44 bits per heavy atom. The zero-order valence-corrected chi connectivity index (χ0v) is 12.0. The first-order chi connectivity index (χ1) is 8.40. The fourth-order valence-electron chi connectivity index (χ4n) is 1.75. The standard InChI is InChI=1S/C11H14BrFN2O2S/c12-8-4-9(13)11(5-10(8)14)18(16,17)15-6-7-2-1-3-7/h4-5,7,15H,1-3,6,14H2. The van der Waals surface area contributed by atoms with Crippen LogP contribution in [0.5, 0.6) is 0 Å². The van der Waals surface area contributed by atoms with E-state index in [9.17, 15) is 12.8 Å². The van der Waals surface area contributed by atoms with Crippen LogP contribution < -0.4 is 10.5 Å². The molecule has 0 aromatic heterocycles. The topological polar surface area (TPSA) is 72.2 Å². The van der Waals surface area contributed by atoms with E-state index >= 15 is 0 Å². The molecule has 0 saturated heterocycles. The summed E-state index contributed by atoms with van der Waals surface area (Å²) in [6, 6.07) is 2.19. The Morgan fingerprint density at radius 3 is 2.67 bits per heavy atom. The molecule has 3 N–H and O–H groups in total. The highest BCUT2D eigenvalue weighted by molar-refractivity contribution is 9.10. The summed E-state index contributed by atoms with van der Waals surface area (Å²) >= 11 is 3.05. The zero-order chi connectivity index (χ0) is 13.3. The van der Waals surface area contributed by atoms with Gasteiger partial charge in [0.2, 0.25) is 10.0 Å². The molecule has 0 unspecified atom stereocenters. The lowest BCUT2D eigenvalue weighted by atomic mass is 9.86. The molecule has 0 radical (unpaired) electrons. The summed E-state index contributed by atoms with van der Waals surface area (Å²) in [6.07, 6.45) is 3.17. The van der Waals surface area contributed by atoms with Crippen LogP contribution in [0.2, 0.25) is 0 Å². The molecule has 0 atom stereocenters. The maximum Gasteiger partial charge on any atom is 0.243 e. The number of hydrogen-bond acceptors (Lipinski definition) is 3. The van der Waals surface area contributed by atoms with Crippen molar-refractivity contribution in [1.29, 1.82) is 0 Å². The highest BCUT2D eigenvalue weighted by Crippen LogP contribution is 2.28. The average Bonchev–Trinajstić information content (AvgIpc) is 2.20. The lowest BCUT2D eigenvalue weighted by Crippen LogP contribution is -2.32. The molecule has 0 bridgehead atoms. The molecule has 1 aromatic carbocycles. The number of hydrogen-bond donors (Lipinski definition) is 2. The predicted octanol–water partition coefficient (Wildman–Crippen LogP) is 2.25. The van der Waals surface area contributed by atoms with Gasteiger partial charge >= 0.3 is 0 Å². The molecule has 18 heavy (non-hydrogen) atoms. The van der Waals surface area contributed by atoms with Crippen LogP contribution in [0.25, 0.3) is 0 Å². The van der Waals surface area contributed by atoms with Crippen molar-refractivity contribution in [2.24, 2.45) is 5.92 Å². The van der Waals surface area contributed by atoms with Crippen molar-refractivity contribution >= 4 is 31.6 Å². The van der Waals surface area contributed by atoms with E-state index in [4.69, 9.17) is 5.73 Å². The van der Waals surface area contributed by atoms with Crippen molar-refractivity contribution in [3.05, 3.63) is 22.4 Å². The summed E-state index contributed by atoms with van der Waals surface area (Å²) in [6.45, 7) is 0.359. The molecule has 0 spiro atoms. The van der Waals surface area contributed by atoms with Crippen LogP contribution in [0.1, 0.15) is 19.3 Å². The van der Waals surface area contributed by atoms with Crippen molar-refractivity contribution in [2.45, 2.75) is 24.2 Å². The molecular weight excluding hydrogens is 323 g/mol. The quantitative estimate of drug-likeness (QED) is 0.828. The van der Waals surface area contributed by atoms with Gasteiger partial charge in [-0.3, -0.25) is 0 Å². The molecule has 100 valence electrons. The van der Waals surface area contributed by atoms with E-state index in [1.807, 2.05) is 0 Å². The average molecular weight is 337 g/mol. The first-order valence-corrected chi connectivity index (χ1v) is 7.92. The normalized spacial score (nSPS) is 16.6. The van der Waals surface area contributed by atoms with Gasteiger partial charge in [-0.25, -0.2) is 17.5 Å². The van der Waals surface area contributed by atoms with Gasteiger partial charge in [-0.15, -0.1) is 0 Å². The van der Waals surface area contributed by atoms with Crippen molar-refractivity contribution in [3.8, 4) is 0 Å². The van der Waals surface area contributed by atoms with Gasteiger partial charge < -0.3 is 5.73 Å². The first kappa shape index (κ1) is 13.8. The Bertz CT molecular complexity index is 558. The molecular formula is C11H14BrFN2O2S. The Morgan fingerprint density at radius 2 is 2.11 bits per heavy atom. The van der Waals surface area contributed by atoms with Crippen LogP contribution in [0.3, 0.4) is 0 Å². The number of nitrogen functional groups attached to an aromatic ring is 1. The second kappa shape index (κ2) is 5.14. The van der Waals surface area contributed by atoms with Crippen LogP contribution in [0.4, 0.5) is 10.1 Å². The highest BCUT2D eigenvalue weighted by atomic mass is 79.9. The van der Waals surface area contributed by atoms with Gasteiger partial charge in [0.05, 0.1) is 0 Å². The third kappa shape index (κ3) is 2.84. The maximum absolute atomic E-state index is 13.6. The lowest BCUT2D eigenvalue weighted by molar-refractivity contribution is 0.316. The molecule has 0 heterocycles. The maximum atomic E-state index is 13.6. The van der Waals surface area contributed by atoms with Crippen LogP contribution in [0, 0.1) is 11.7 Å². The summed E-state index contributed by atoms with van der Waals surface area (Å²) in [5, 5.41) is 0. The van der Waals surface area contributed by atoms with Gasteiger partial charge in [-0.05, 0) is 46.8 Å². The van der Waals surface area contributed by atoms with Crippen molar-refractivity contribution < 1.29 is 12.8 Å². The third-order valence-electron chi connectivity index (χ3n) is 3.13. The minimum absolute atomic E-state index is 0.195. The molecule has 2 rings (SSSR count). The van der Waals surface area contributed by atoms with E-state index in [1.54, 1.807) is 0 Å². The number of benzene rings is 1. The number of halogens is 2. The van der Waals surface area contributed by atoms with Gasteiger partial charge in [0, 0.05) is 16.7 Å². The Balaban J connectivity index is 2.20. The van der Waals surface area contributed by atoms with E-state index < -0.39 is 20.7 Å². The molecule has 4 nitrogen and oxygen atoms in total. The molecule has 0 amide bonds. The van der Waals surface area contributed by atoms with Gasteiger partial charge in [0.15, 0.2) is 0 Å². The van der Waals surface area contributed by atoms with Gasteiger partial charge in [0.25, 0.3) is 0 Å². The van der Waals surface area contributed by atoms with Crippen molar-refractivity contribution in [3.63, 3.8) is 0 Å². The van der Waals surface area contributed by atoms with E-state index in [1.165, 1.54) is 0 Å². The number of rotatable bonds is 4. The molecule has 1 saturated carbocycles. The molecule has 1 aliphatic rings. The number of nitrogens with one attached hydrogen (secondary N) is 1. The SMILES string of the molecule is Nc1cc(S(=O)(=O)NCC2CCC2)c(F)cc1Br. The van der Waals surface area contributed by atoms with Gasteiger partial charge in [0.1, 0.15) is 10.7 Å². The second-order valence-electron chi connectivity index (χ2n) is 4.45. The molecule has 1 aliphatic carbocycles. The molecule has 1 fully saturated rings. The van der Waals surface area contributed by atoms with E-state index in [2.05, 4.69) is 20.7 Å². The summed E-state index contributed by atoms with van der Waals surface area (Å²) in [7, 11) is -3.83. The minimum atomic E-state index is -3.83. The van der Waals surface area contributed by atoms with Gasteiger partial charge in [-0.2, -0.15) is 0 Å². The lowest BCUT2D eigenvalue weighted by Gasteiger charge is -2.25. The monoisotopic (exact) mass is 336 g/mol. The largest absolute Gasteiger partial charge is 0.398 e. The smallest absolute Gasteiger partial charge is 0.243 e. The minimum Gasteiger partial charge on any atom is -0.398 e. The third-order valence-corrected chi connectivity index (χ3v) is 5.25. The molecule has 1 aromatic rings. The van der Waals surface area contributed by atoms with Crippen LogP contribution in [0.15, 0.2) is 21.5 Å². The van der Waals surface area contributed by atoms with Crippen molar-refractivity contribution in [1.82, 2.24) is 4.72 Å². The van der Waals surface area contributed by atoms with Crippen molar-refractivity contribution in [2.75, 3.05) is 12.3 Å². The molecule has 7 heteroatoms. The summed E-state index contributed by atoms with van der Waals surface area (Å²) in [4.78, 5) is -0.400. The predicted molar refractivity (Wildman–Crippen MR) is 71.0 cm³/mol. The zero-order valence-electron chi connectivity index (χ0n) is 9.62. The first-order valence-electron chi connectivity index (χ1n) is 5.64. The number of sulfonamides is 1. The fraction of sp³-hybridized carbons (Fsp3) is 0.455. The number of anilines is 1. The van der Waals surface area contributed by atoms with Gasteiger partial charge in [-0.1, -0.05) is 6.42 Å². The molecule has 0 aliphatic heterocycles. The second-order valence-corrected chi connectivity index (χ2v) is 7.04. The van der Waals surface area contributed by atoms with E-state index in [0.29, 0.717) is 16.9 Å². The summed E-state index contributed by atoms with van der Waals surface area (Å²) < 4.78 is 40.3. The Labute approximate surface area is 114 Å². The Kier molecular flexibility index (Phi) is 3.93. The fourth-order valence-corrected chi connectivity index (χ4v) is 3.28. The van der Waals surface area contributed by atoms with E-state index in [0.717, 1.165) is 31.4 Å². The highest BCUT2D eigenvalue weighted by Gasteiger charge is 2.24. The van der Waals surface area contributed by atoms with Crippen LogP contribution in [-0.4, -0.2) is 15.0 Å². The summed E-state index contributed by atoms with van der Waals surface area (Å²) in [5.41, 5.74) is 5.77. The Hall–Kier alpha value is -0.660. The number of nitrogens with two attached hydrogens (primary N) is 1. The van der Waals surface area contributed by atoms with Crippen LogP contribution >= 0.6 is 15.9 Å². The van der Waals surface area contributed by atoms with E-state index in [-0.39, 0.29) is 5.69 Å². The van der Waals surface area contributed by atoms with Crippen LogP contribution in [-0.2, 0) is 10.0 Å². The summed E-state index contributed by atoms with van der Waals surface area (Å²) in [5.74, 6) is -0.437.